The SMILES string of the molecule is CC(C)(C)OC(=O)NCCCc1ccc(S(=O)(=O)Cl)cc1. The molecule has 0 aliphatic rings. The number of hydrogen-bond acceptors (Lipinski definition) is 4. The van der Waals surface area contributed by atoms with Gasteiger partial charge in [-0.1, -0.05) is 12.1 Å². The monoisotopic (exact) mass is 333 g/mol. The van der Waals surface area contributed by atoms with Gasteiger partial charge in [0.1, 0.15) is 5.60 Å². The van der Waals surface area contributed by atoms with Gasteiger partial charge in [0.05, 0.1) is 4.90 Å². The third kappa shape index (κ3) is 7.34. The molecule has 0 spiro atoms. The maximum Gasteiger partial charge on any atom is 0.407 e. The molecule has 1 N–H and O–H groups in total. The average Bonchev–Trinajstić information content (AvgIpc) is 2.32. The van der Waals surface area contributed by atoms with Crippen molar-refractivity contribution in [1.29, 1.82) is 0 Å². The van der Waals surface area contributed by atoms with Crippen LogP contribution >= 0.6 is 10.7 Å². The molecule has 7 heteroatoms. The van der Waals surface area contributed by atoms with Gasteiger partial charge in [0, 0.05) is 17.2 Å². The second-order valence-corrected chi connectivity index (χ2v) is 8.18. The minimum Gasteiger partial charge on any atom is -0.444 e. The Labute approximate surface area is 130 Å². The van der Waals surface area contributed by atoms with E-state index in [1.807, 2.05) is 0 Å². The number of amides is 1. The molecule has 0 bridgehead atoms. The summed E-state index contributed by atoms with van der Waals surface area (Å²) < 4.78 is 27.3. The Balaban J connectivity index is 2.35. The van der Waals surface area contributed by atoms with Crippen LogP contribution in [0.25, 0.3) is 0 Å². The Morgan fingerprint density at radius 2 is 1.81 bits per heavy atom. The van der Waals surface area contributed by atoms with E-state index in [2.05, 4.69) is 5.32 Å². The van der Waals surface area contributed by atoms with Gasteiger partial charge in [-0.05, 0) is 51.3 Å². The van der Waals surface area contributed by atoms with E-state index < -0.39 is 20.7 Å². The number of ether oxygens (including phenoxy) is 1. The quantitative estimate of drug-likeness (QED) is 0.664. The summed E-state index contributed by atoms with van der Waals surface area (Å²) in [6, 6.07) is 6.36. The van der Waals surface area contributed by atoms with Crippen molar-refractivity contribution in [2.45, 2.75) is 44.1 Å². The van der Waals surface area contributed by atoms with Crippen LogP contribution in [0.3, 0.4) is 0 Å². The zero-order chi connectivity index (χ0) is 16.1. The minimum atomic E-state index is -3.67. The summed E-state index contributed by atoms with van der Waals surface area (Å²) in [5.74, 6) is 0. The first kappa shape index (κ1) is 17.8. The summed E-state index contributed by atoms with van der Waals surface area (Å²) >= 11 is 0. The topological polar surface area (TPSA) is 72.5 Å². The molecular weight excluding hydrogens is 314 g/mol. The summed E-state index contributed by atoms with van der Waals surface area (Å²) in [5, 5.41) is 2.67. The number of carbonyl (C=O) groups excluding carboxylic acids is 1. The molecule has 0 radical (unpaired) electrons. The van der Waals surface area contributed by atoms with Gasteiger partial charge in [-0.15, -0.1) is 0 Å². The van der Waals surface area contributed by atoms with E-state index in [1.165, 1.54) is 12.1 Å². The summed E-state index contributed by atoms with van der Waals surface area (Å²) in [6.45, 7) is 5.90. The number of halogens is 1. The van der Waals surface area contributed by atoms with E-state index in [0.29, 0.717) is 6.54 Å². The highest BCUT2D eigenvalue weighted by Crippen LogP contribution is 2.15. The molecule has 0 atom stereocenters. The van der Waals surface area contributed by atoms with Gasteiger partial charge in [0.2, 0.25) is 0 Å². The highest BCUT2D eigenvalue weighted by atomic mass is 35.7. The standard InChI is InChI=1S/C14H20ClNO4S/c1-14(2,3)20-13(17)16-10-4-5-11-6-8-12(9-7-11)21(15,18)19/h6-9H,4-5,10H2,1-3H3,(H,16,17). The number of benzene rings is 1. The van der Waals surface area contributed by atoms with Crippen molar-refractivity contribution < 1.29 is 17.9 Å². The van der Waals surface area contributed by atoms with E-state index in [4.69, 9.17) is 15.4 Å². The number of alkyl carbamates (subject to hydrolysis) is 1. The van der Waals surface area contributed by atoms with Crippen molar-refractivity contribution in [3.05, 3.63) is 29.8 Å². The second-order valence-electron chi connectivity index (χ2n) is 5.61. The molecular formula is C14H20ClNO4S. The zero-order valence-corrected chi connectivity index (χ0v) is 13.9. The van der Waals surface area contributed by atoms with Crippen LogP contribution in [0.15, 0.2) is 29.2 Å². The molecule has 0 aliphatic heterocycles. The van der Waals surface area contributed by atoms with E-state index in [0.717, 1.165) is 18.4 Å². The Morgan fingerprint density at radius 3 is 2.29 bits per heavy atom. The van der Waals surface area contributed by atoms with Gasteiger partial charge in [0.15, 0.2) is 0 Å². The summed E-state index contributed by atoms with van der Waals surface area (Å²) in [6.07, 6.45) is 1.01. The fourth-order valence-electron chi connectivity index (χ4n) is 1.62. The van der Waals surface area contributed by atoms with Crippen LogP contribution in [-0.2, 0) is 20.2 Å². The van der Waals surface area contributed by atoms with Gasteiger partial charge in [-0.25, -0.2) is 13.2 Å². The molecule has 0 aromatic heterocycles. The summed E-state index contributed by atoms with van der Waals surface area (Å²) in [4.78, 5) is 11.5. The van der Waals surface area contributed by atoms with Crippen LogP contribution in [0.2, 0.25) is 0 Å². The highest BCUT2D eigenvalue weighted by molar-refractivity contribution is 8.13. The summed E-state index contributed by atoms with van der Waals surface area (Å²) in [7, 11) is 1.56. The number of aryl methyl sites for hydroxylation is 1. The average molecular weight is 334 g/mol. The van der Waals surface area contributed by atoms with Crippen LogP contribution in [0.4, 0.5) is 4.79 Å². The van der Waals surface area contributed by atoms with E-state index in [9.17, 15) is 13.2 Å². The lowest BCUT2D eigenvalue weighted by molar-refractivity contribution is 0.0527. The first-order chi connectivity index (χ1) is 9.58. The summed E-state index contributed by atoms with van der Waals surface area (Å²) in [5.41, 5.74) is 0.470. The molecule has 0 heterocycles. The van der Waals surface area contributed by atoms with Gasteiger partial charge in [-0.2, -0.15) is 0 Å². The van der Waals surface area contributed by atoms with Crippen molar-refractivity contribution in [2.24, 2.45) is 0 Å². The fraction of sp³-hybridized carbons (Fsp3) is 0.500. The molecule has 21 heavy (non-hydrogen) atoms. The van der Waals surface area contributed by atoms with Gasteiger partial charge >= 0.3 is 6.09 Å². The van der Waals surface area contributed by atoms with E-state index in [1.54, 1.807) is 32.9 Å². The van der Waals surface area contributed by atoms with Crippen molar-refractivity contribution >= 4 is 25.8 Å². The van der Waals surface area contributed by atoms with Crippen molar-refractivity contribution in [2.75, 3.05) is 6.54 Å². The molecule has 0 unspecified atom stereocenters. The third-order valence-corrected chi connectivity index (χ3v) is 3.89. The van der Waals surface area contributed by atoms with Crippen molar-refractivity contribution in [3.63, 3.8) is 0 Å². The molecule has 1 aromatic rings. The van der Waals surface area contributed by atoms with Crippen LogP contribution < -0.4 is 5.32 Å². The first-order valence-electron chi connectivity index (χ1n) is 6.58. The number of hydrogen-bond donors (Lipinski definition) is 1. The van der Waals surface area contributed by atoms with Gasteiger partial charge in [0.25, 0.3) is 9.05 Å². The Hall–Kier alpha value is -1.27. The molecule has 5 nitrogen and oxygen atoms in total. The van der Waals surface area contributed by atoms with Gasteiger partial charge in [-0.3, -0.25) is 0 Å². The lowest BCUT2D eigenvalue weighted by atomic mass is 10.1. The molecule has 1 rings (SSSR count). The predicted octanol–water partition coefficient (Wildman–Crippen LogP) is 3.07. The molecule has 0 fully saturated rings. The number of carbonyl (C=O) groups is 1. The largest absolute Gasteiger partial charge is 0.444 e. The van der Waals surface area contributed by atoms with E-state index in [-0.39, 0.29) is 4.90 Å². The van der Waals surface area contributed by atoms with Crippen LogP contribution in [0.5, 0.6) is 0 Å². The van der Waals surface area contributed by atoms with Crippen molar-refractivity contribution in [3.8, 4) is 0 Å². The van der Waals surface area contributed by atoms with Crippen LogP contribution in [-0.4, -0.2) is 26.7 Å². The lowest BCUT2D eigenvalue weighted by Gasteiger charge is -2.19. The zero-order valence-electron chi connectivity index (χ0n) is 12.3. The fourth-order valence-corrected chi connectivity index (χ4v) is 2.39. The maximum atomic E-state index is 11.4. The highest BCUT2D eigenvalue weighted by Gasteiger charge is 2.15. The molecule has 1 amide bonds. The molecule has 0 saturated heterocycles. The van der Waals surface area contributed by atoms with E-state index >= 15 is 0 Å². The Kier molecular flexibility index (Phi) is 6.04. The lowest BCUT2D eigenvalue weighted by Crippen LogP contribution is -2.33. The third-order valence-electron chi connectivity index (χ3n) is 2.52. The minimum absolute atomic E-state index is 0.0831. The second kappa shape index (κ2) is 7.13. The number of nitrogens with one attached hydrogen (secondary N) is 1. The molecule has 1 aromatic carbocycles. The molecule has 0 saturated carbocycles. The predicted molar refractivity (Wildman–Crippen MR) is 82.0 cm³/mol. The maximum absolute atomic E-state index is 11.4. The molecule has 118 valence electrons. The van der Waals surface area contributed by atoms with Crippen LogP contribution in [0, 0.1) is 0 Å². The van der Waals surface area contributed by atoms with Gasteiger partial charge < -0.3 is 10.1 Å². The number of rotatable bonds is 5. The molecule has 0 aliphatic carbocycles. The normalized spacial score (nSPS) is 12.0. The Morgan fingerprint density at radius 1 is 1.24 bits per heavy atom. The van der Waals surface area contributed by atoms with Crippen molar-refractivity contribution in [1.82, 2.24) is 5.32 Å². The van der Waals surface area contributed by atoms with Crippen LogP contribution in [0.1, 0.15) is 32.8 Å². The smallest absolute Gasteiger partial charge is 0.407 e. The first-order valence-corrected chi connectivity index (χ1v) is 8.89. The Bertz CT molecular complexity index is 576.